The van der Waals surface area contributed by atoms with E-state index in [2.05, 4.69) is 17.6 Å². The van der Waals surface area contributed by atoms with Crippen molar-refractivity contribution < 1.29 is 14.3 Å². The Labute approximate surface area is 148 Å². The van der Waals surface area contributed by atoms with Crippen LogP contribution in [0.3, 0.4) is 0 Å². The molecule has 25 heavy (non-hydrogen) atoms. The molecule has 2 atom stereocenters. The third-order valence-electron chi connectivity index (χ3n) is 5.09. The van der Waals surface area contributed by atoms with E-state index in [9.17, 15) is 9.59 Å². The Kier molecular flexibility index (Phi) is 5.58. The molecule has 2 aliphatic rings. The van der Waals surface area contributed by atoms with Gasteiger partial charge in [-0.2, -0.15) is 0 Å². The van der Waals surface area contributed by atoms with E-state index in [-0.39, 0.29) is 30.4 Å². The molecule has 0 unspecified atom stereocenters. The first-order valence-electron chi connectivity index (χ1n) is 9.05. The summed E-state index contributed by atoms with van der Waals surface area (Å²) in [7, 11) is 1.61. The van der Waals surface area contributed by atoms with Crippen LogP contribution in [-0.4, -0.2) is 49.0 Å². The average molecular weight is 345 g/mol. The highest BCUT2D eigenvalue weighted by Crippen LogP contribution is 2.32. The molecule has 2 fully saturated rings. The maximum atomic E-state index is 12.6. The molecule has 0 radical (unpaired) electrons. The Morgan fingerprint density at radius 2 is 1.96 bits per heavy atom. The molecule has 0 aromatic heterocycles. The molecule has 3 rings (SSSR count). The number of nitrogens with one attached hydrogen (secondary N) is 2. The van der Waals surface area contributed by atoms with Gasteiger partial charge in [0.15, 0.2) is 0 Å². The molecule has 6 heteroatoms. The fourth-order valence-corrected chi connectivity index (χ4v) is 3.41. The second-order valence-corrected chi connectivity index (χ2v) is 7.04. The van der Waals surface area contributed by atoms with Crippen LogP contribution in [0.4, 0.5) is 5.69 Å². The van der Waals surface area contributed by atoms with E-state index in [4.69, 9.17) is 4.74 Å². The molecule has 1 aliphatic carbocycles. The molecular weight excluding hydrogens is 318 g/mol. The van der Waals surface area contributed by atoms with Crippen LogP contribution < -0.4 is 15.4 Å². The van der Waals surface area contributed by atoms with Crippen molar-refractivity contribution in [2.24, 2.45) is 5.92 Å². The number of nitrogens with zero attached hydrogens (tertiary/aromatic N) is 1. The van der Waals surface area contributed by atoms with E-state index in [1.165, 1.54) is 12.8 Å². The number of rotatable bonds is 7. The van der Waals surface area contributed by atoms with Gasteiger partial charge in [-0.1, -0.05) is 0 Å². The normalized spacial score (nSPS) is 21.6. The van der Waals surface area contributed by atoms with Gasteiger partial charge >= 0.3 is 0 Å². The zero-order chi connectivity index (χ0) is 17.8. The SMILES string of the molecule is COc1ccc(NC(=O)[C@H]2CCCN2CC(=O)N[C@H](C)C2CC2)cc1. The number of carbonyl (C=O) groups is 2. The van der Waals surface area contributed by atoms with Crippen LogP contribution >= 0.6 is 0 Å². The fourth-order valence-electron chi connectivity index (χ4n) is 3.41. The van der Waals surface area contributed by atoms with Crippen LogP contribution in [-0.2, 0) is 9.59 Å². The summed E-state index contributed by atoms with van der Waals surface area (Å²) in [6.45, 7) is 3.14. The molecule has 1 heterocycles. The fraction of sp³-hybridized carbons (Fsp3) is 0.579. The molecule has 0 bridgehead atoms. The average Bonchev–Trinajstić information content (AvgIpc) is 3.35. The number of ether oxygens (including phenoxy) is 1. The summed E-state index contributed by atoms with van der Waals surface area (Å²) in [5.41, 5.74) is 0.740. The van der Waals surface area contributed by atoms with Gasteiger partial charge in [0.1, 0.15) is 5.75 Å². The van der Waals surface area contributed by atoms with Gasteiger partial charge in [-0.3, -0.25) is 14.5 Å². The Morgan fingerprint density at radius 1 is 1.24 bits per heavy atom. The van der Waals surface area contributed by atoms with Crippen LogP contribution in [0.25, 0.3) is 0 Å². The van der Waals surface area contributed by atoms with Crippen molar-refractivity contribution in [1.82, 2.24) is 10.2 Å². The van der Waals surface area contributed by atoms with E-state index in [1.54, 1.807) is 7.11 Å². The highest BCUT2D eigenvalue weighted by atomic mass is 16.5. The molecule has 2 amide bonds. The van der Waals surface area contributed by atoms with Gasteiger partial charge < -0.3 is 15.4 Å². The first-order chi connectivity index (χ1) is 12.1. The lowest BCUT2D eigenvalue weighted by Gasteiger charge is -2.24. The van der Waals surface area contributed by atoms with E-state index in [1.807, 2.05) is 29.2 Å². The van der Waals surface area contributed by atoms with Gasteiger partial charge in [0.25, 0.3) is 0 Å². The number of methoxy groups -OCH3 is 1. The lowest BCUT2D eigenvalue weighted by atomic mass is 10.2. The summed E-state index contributed by atoms with van der Waals surface area (Å²) in [5.74, 6) is 1.35. The zero-order valence-corrected chi connectivity index (χ0v) is 15.0. The summed E-state index contributed by atoms with van der Waals surface area (Å²) in [4.78, 5) is 26.8. The second kappa shape index (κ2) is 7.87. The zero-order valence-electron chi connectivity index (χ0n) is 15.0. The smallest absolute Gasteiger partial charge is 0.241 e. The highest BCUT2D eigenvalue weighted by Gasteiger charge is 2.33. The minimum Gasteiger partial charge on any atom is -0.497 e. The monoisotopic (exact) mass is 345 g/mol. The van der Waals surface area contributed by atoms with Crippen molar-refractivity contribution >= 4 is 17.5 Å². The van der Waals surface area contributed by atoms with Gasteiger partial charge in [-0.25, -0.2) is 0 Å². The first kappa shape index (κ1) is 17.7. The summed E-state index contributed by atoms with van der Waals surface area (Å²) in [6, 6.07) is 7.26. The van der Waals surface area contributed by atoms with E-state index in [0.29, 0.717) is 5.92 Å². The Hall–Kier alpha value is -2.08. The number of anilines is 1. The third-order valence-corrected chi connectivity index (χ3v) is 5.09. The van der Waals surface area contributed by atoms with Crippen molar-refractivity contribution in [3.05, 3.63) is 24.3 Å². The molecule has 0 spiro atoms. The molecule has 136 valence electrons. The van der Waals surface area contributed by atoms with Gasteiger partial charge in [-0.15, -0.1) is 0 Å². The molecule has 6 nitrogen and oxygen atoms in total. The highest BCUT2D eigenvalue weighted by molar-refractivity contribution is 5.95. The Morgan fingerprint density at radius 3 is 2.60 bits per heavy atom. The third kappa shape index (κ3) is 4.72. The van der Waals surface area contributed by atoms with Crippen molar-refractivity contribution in [3.63, 3.8) is 0 Å². The molecule has 1 aromatic rings. The Bertz CT molecular complexity index is 613. The lowest BCUT2D eigenvalue weighted by molar-refractivity contribution is -0.125. The number of likely N-dealkylation sites (tertiary alicyclic amines) is 1. The van der Waals surface area contributed by atoms with Crippen LogP contribution in [0, 0.1) is 5.92 Å². The summed E-state index contributed by atoms with van der Waals surface area (Å²) >= 11 is 0. The van der Waals surface area contributed by atoms with E-state index < -0.39 is 0 Å². The minimum atomic E-state index is -0.246. The predicted molar refractivity (Wildman–Crippen MR) is 96.5 cm³/mol. The Balaban J connectivity index is 1.52. The molecule has 1 aromatic carbocycles. The second-order valence-electron chi connectivity index (χ2n) is 7.04. The number of hydrogen-bond acceptors (Lipinski definition) is 4. The number of amides is 2. The first-order valence-corrected chi connectivity index (χ1v) is 9.05. The van der Waals surface area contributed by atoms with E-state index >= 15 is 0 Å². The van der Waals surface area contributed by atoms with Crippen molar-refractivity contribution in [2.75, 3.05) is 25.5 Å². The maximum absolute atomic E-state index is 12.6. The van der Waals surface area contributed by atoms with Gasteiger partial charge in [0, 0.05) is 11.7 Å². The summed E-state index contributed by atoms with van der Waals surface area (Å²) in [5, 5.41) is 6.00. The molecule has 1 saturated carbocycles. The maximum Gasteiger partial charge on any atom is 0.241 e. The van der Waals surface area contributed by atoms with Crippen LogP contribution in [0.1, 0.15) is 32.6 Å². The number of hydrogen-bond donors (Lipinski definition) is 2. The van der Waals surface area contributed by atoms with Crippen LogP contribution in [0.15, 0.2) is 24.3 Å². The van der Waals surface area contributed by atoms with E-state index in [0.717, 1.165) is 30.8 Å². The molecule has 1 aliphatic heterocycles. The quantitative estimate of drug-likeness (QED) is 0.793. The summed E-state index contributed by atoms with van der Waals surface area (Å²) in [6.07, 6.45) is 4.13. The molecule has 1 saturated heterocycles. The van der Waals surface area contributed by atoms with Gasteiger partial charge in [-0.05, 0) is 69.3 Å². The van der Waals surface area contributed by atoms with Crippen molar-refractivity contribution in [2.45, 2.75) is 44.7 Å². The number of benzene rings is 1. The standard InChI is InChI=1S/C19H27N3O3/c1-13(14-5-6-14)20-18(23)12-22-11-3-4-17(22)19(24)21-15-7-9-16(25-2)10-8-15/h7-10,13-14,17H,3-6,11-12H2,1-2H3,(H,20,23)(H,21,24)/t13-,17-/m1/s1. The van der Waals surface area contributed by atoms with Crippen LogP contribution in [0.5, 0.6) is 5.75 Å². The van der Waals surface area contributed by atoms with Crippen LogP contribution in [0.2, 0.25) is 0 Å². The van der Waals surface area contributed by atoms with Crippen molar-refractivity contribution in [3.8, 4) is 5.75 Å². The van der Waals surface area contributed by atoms with Gasteiger partial charge in [0.2, 0.25) is 11.8 Å². The van der Waals surface area contributed by atoms with Crippen molar-refractivity contribution in [1.29, 1.82) is 0 Å². The number of carbonyl (C=O) groups excluding carboxylic acids is 2. The largest absolute Gasteiger partial charge is 0.497 e. The summed E-state index contributed by atoms with van der Waals surface area (Å²) < 4.78 is 5.12. The minimum absolute atomic E-state index is 0.0172. The topological polar surface area (TPSA) is 70.7 Å². The lowest BCUT2D eigenvalue weighted by Crippen LogP contribution is -2.46. The van der Waals surface area contributed by atoms with Gasteiger partial charge in [0.05, 0.1) is 19.7 Å². The molecule has 2 N–H and O–H groups in total. The molecular formula is C19H27N3O3. The predicted octanol–water partition coefficient (Wildman–Crippen LogP) is 2.01.